The number of rotatable bonds is 7. The second kappa shape index (κ2) is 9.54. The highest BCUT2D eigenvalue weighted by atomic mass is 16.3. The van der Waals surface area contributed by atoms with Gasteiger partial charge in [0.1, 0.15) is 0 Å². The van der Waals surface area contributed by atoms with Crippen LogP contribution in [-0.2, 0) is 6.42 Å². The Balaban J connectivity index is 1.39. The highest BCUT2D eigenvalue weighted by Gasteiger charge is 2.33. The van der Waals surface area contributed by atoms with Gasteiger partial charge in [-0.2, -0.15) is 0 Å². The fourth-order valence-electron chi connectivity index (χ4n) is 6.06. The number of hydrogen-bond donors (Lipinski definition) is 2. The number of fused-ring (bicyclic) bond motifs is 1. The Morgan fingerprint density at radius 2 is 1.78 bits per heavy atom. The van der Waals surface area contributed by atoms with Crippen molar-refractivity contribution in [2.24, 2.45) is 11.8 Å². The highest BCUT2D eigenvalue weighted by Crippen LogP contribution is 2.40. The molecular formula is C24H38N2O. The molecule has 3 aliphatic rings. The molecule has 3 fully saturated rings. The van der Waals surface area contributed by atoms with E-state index < -0.39 is 0 Å². The van der Waals surface area contributed by atoms with Crippen LogP contribution in [0, 0.1) is 11.8 Å². The SMILES string of the molecule is OCC1CCCN1CC(Cc1ccccc1)NC1CCC2CCCCC2C1. The molecule has 3 nitrogen and oxygen atoms in total. The molecule has 0 radical (unpaired) electrons. The lowest BCUT2D eigenvalue weighted by Crippen LogP contribution is -2.50. The van der Waals surface area contributed by atoms with Gasteiger partial charge in [-0.25, -0.2) is 0 Å². The number of benzene rings is 1. The molecular weight excluding hydrogens is 332 g/mol. The normalized spacial score (nSPS) is 32.9. The molecule has 2 aliphatic carbocycles. The second-order valence-corrected chi connectivity index (χ2v) is 9.34. The van der Waals surface area contributed by atoms with Crippen LogP contribution in [0.5, 0.6) is 0 Å². The van der Waals surface area contributed by atoms with Gasteiger partial charge < -0.3 is 10.4 Å². The summed E-state index contributed by atoms with van der Waals surface area (Å²) in [4.78, 5) is 2.53. The summed E-state index contributed by atoms with van der Waals surface area (Å²) in [5.41, 5.74) is 1.43. The fourth-order valence-corrected chi connectivity index (χ4v) is 6.06. The lowest BCUT2D eigenvalue weighted by atomic mass is 9.69. The maximum Gasteiger partial charge on any atom is 0.0586 e. The van der Waals surface area contributed by atoms with E-state index in [-0.39, 0.29) is 0 Å². The summed E-state index contributed by atoms with van der Waals surface area (Å²) in [6.45, 7) is 2.53. The smallest absolute Gasteiger partial charge is 0.0586 e. The molecule has 1 aromatic rings. The van der Waals surface area contributed by atoms with Crippen LogP contribution in [0.25, 0.3) is 0 Å². The number of aliphatic hydroxyl groups excluding tert-OH is 1. The molecule has 2 N–H and O–H groups in total. The standard InChI is InChI=1S/C24H38N2O/c27-18-24-11-6-14-26(24)17-23(15-19-7-2-1-3-8-19)25-22-13-12-20-9-4-5-10-21(20)16-22/h1-3,7-8,20-25,27H,4-6,9-18H2. The molecule has 1 aliphatic heterocycles. The lowest BCUT2D eigenvalue weighted by molar-refractivity contribution is 0.120. The molecule has 0 spiro atoms. The van der Waals surface area contributed by atoms with E-state index in [0.29, 0.717) is 24.7 Å². The molecule has 0 amide bonds. The minimum atomic E-state index is 0.311. The fraction of sp³-hybridized carbons (Fsp3) is 0.750. The summed E-state index contributed by atoms with van der Waals surface area (Å²) >= 11 is 0. The molecule has 150 valence electrons. The molecule has 2 saturated carbocycles. The summed E-state index contributed by atoms with van der Waals surface area (Å²) in [5, 5.41) is 13.8. The van der Waals surface area contributed by atoms with E-state index in [0.717, 1.165) is 37.8 Å². The van der Waals surface area contributed by atoms with Gasteiger partial charge in [0.15, 0.2) is 0 Å². The number of aliphatic hydroxyl groups is 1. The van der Waals surface area contributed by atoms with Gasteiger partial charge in [-0.1, -0.05) is 56.0 Å². The average molecular weight is 371 g/mol. The average Bonchev–Trinajstić information content (AvgIpc) is 3.16. The first-order valence-corrected chi connectivity index (χ1v) is 11.5. The minimum Gasteiger partial charge on any atom is -0.395 e. The van der Waals surface area contributed by atoms with E-state index in [1.54, 1.807) is 0 Å². The van der Waals surface area contributed by atoms with Crippen LogP contribution in [0.4, 0.5) is 0 Å². The van der Waals surface area contributed by atoms with Crippen LogP contribution in [0.1, 0.15) is 63.4 Å². The van der Waals surface area contributed by atoms with E-state index in [1.807, 2.05) is 0 Å². The van der Waals surface area contributed by atoms with E-state index in [1.165, 1.54) is 56.9 Å². The van der Waals surface area contributed by atoms with Crippen molar-refractivity contribution in [1.82, 2.24) is 10.2 Å². The highest BCUT2D eigenvalue weighted by molar-refractivity contribution is 5.16. The Morgan fingerprint density at radius 1 is 0.963 bits per heavy atom. The van der Waals surface area contributed by atoms with Gasteiger partial charge in [0, 0.05) is 24.7 Å². The third-order valence-electron chi connectivity index (χ3n) is 7.50. The summed E-state index contributed by atoms with van der Waals surface area (Å²) in [6.07, 6.45) is 13.5. The maximum absolute atomic E-state index is 9.73. The first-order chi connectivity index (χ1) is 13.3. The Labute approximate surface area is 165 Å². The van der Waals surface area contributed by atoms with Crippen LogP contribution in [0.2, 0.25) is 0 Å². The van der Waals surface area contributed by atoms with Crippen molar-refractivity contribution in [3.05, 3.63) is 35.9 Å². The van der Waals surface area contributed by atoms with Crippen LogP contribution >= 0.6 is 0 Å². The molecule has 27 heavy (non-hydrogen) atoms. The molecule has 0 aromatic heterocycles. The molecule has 1 heterocycles. The van der Waals surface area contributed by atoms with Gasteiger partial charge in [-0.3, -0.25) is 4.90 Å². The van der Waals surface area contributed by atoms with Crippen molar-refractivity contribution in [1.29, 1.82) is 0 Å². The van der Waals surface area contributed by atoms with Gasteiger partial charge in [0.05, 0.1) is 6.61 Å². The van der Waals surface area contributed by atoms with Crippen molar-refractivity contribution in [2.75, 3.05) is 19.7 Å². The summed E-state index contributed by atoms with van der Waals surface area (Å²) in [7, 11) is 0. The van der Waals surface area contributed by atoms with E-state index in [4.69, 9.17) is 0 Å². The quantitative estimate of drug-likeness (QED) is 0.761. The van der Waals surface area contributed by atoms with Gasteiger partial charge in [0.25, 0.3) is 0 Å². The van der Waals surface area contributed by atoms with E-state index in [2.05, 4.69) is 40.5 Å². The largest absolute Gasteiger partial charge is 0.395 e. The topological polar surface area (TPSA) is 35.5 Å². The predicted molar refractivity (Wildman–Crippen MR) is 112 cm³/mol. The van der Waals surface area contributed by atoms with Gasteiger partial charge >= 0.3 is 0 Å². The van der Waals surface area contributed by atoms with Crippen molar-refractivity contribution in [3.63, 3.8) is 0 Å². The Hall–Kier alpha value is -0.900. The number of likely N-dealkylation sites (tertiary alicyclic amines) is 1. The molecule has 5 unspecified atom stereocenters. The predicted octanol–water partition coefficient (Wildman–Crippen LogP) is 4.00. The van der Waals surface area contributed by atoms with E-state index in [9.17, 15) is 5.11 Å². The van der Waals surface area contributed by atoms with E-state index >= 15 is 0 Å². The van der Waals surface area contributed by atoms with Crippen LogP contribution < -0.4 is 5.32 Å². The first-order valence-electron chi connectivity index (χ1n) is 11.5. The Kier molecular flexibility index (Phi) is 6.86. The third-order valence-corrected chi connectivity index (χ3v) is 7.50. The maximum atomic E-state index is 9.73. The van der Waals surface area contributed by atoms with Crippen molar-refractivity contribution in [3.8, 4) is 0 Å². The number of nitrogens with one attached hydrogen (secondary N) is 1. The Bertz CT molecular complexity index is 563. The zero-order chi connectivity index (χ0) is 18.5. The zero-order valence-corrected chi connectivity index (χ0v) is 16.9. The van der Waals surface area contributed by atoms with Crippen molar-refractivity contribution in [2.45, 2.75) is 82.3 Å². The summed E-state index contributed by atoms with van der Waals surface area (Å²) < 4.78 is 0. The molecule has 3 heteroatoms. The summed E-state index contributed by atoms with van der Waals surface area (Å²) in [5.74, 6) is 1.99. The Morgan fingerprint density at radius 3 is 2.59 bits per heavy atom. The van der Waals surface area contributed by atoms with Crippen LogP contribution in [0.15, 0.2) is 30.3 Å². The van der Waals surface area contributed by atoms with Crippen molar-refractivity contribution < 1.29 is 5.11 Å². The molecule has 0 bridgehead atoms. The first kappa shape index (κ1) is 19.4. The van der Waals surface area contributed by atoms with Crippen LogP contribution in [-0.4, -0.2) is 47.8 Å². The zero-order valence-electron chi connectivity index (χ0n) is 16.9. The lowest BCUT2D eigenvalue weighted by Gasteiger charge is -2.41. The molecule has 5 atom stereocenters. The third kappa shape index (κ3) is 5.13. The molecule has 1 aromatic carbocycles. The monoisotopic (exact) mass is 370 g/mol. The van der Waals surface area contributed by atoms with Crippen molar-refractivity contribution >= 4 is 0 Å². The van der Waals surface area contributed by atoms with Crippen LogP contribution in [0.3, 0.4) is 0 Å². The van der Waals surface area contributed by atoms with Gasteiger partial charge in [-0.15, -0.1) is 0 Å². The molecule has 1 saturated heterocycles. The number of hydrogen-bond acceptors (Lipinski definition) is 3. The second-order valence-electron chi connectivity index (χ2n) is 9.34. The van der Waals surface area contributed by atoms with Gasteiger partial charge in [-0.05, 0) is 62.5 Å². The number of nitrogens with zero attached hydrogens (tertiary/aromatic N) is 1. The molecule has 4 rings (SSSR count). The van der Waals surface area contributed by atoms with Gasteiger partial charge in [0.2, 0.25) is 0 Å². The minimum absolute atomic E-state index is 0.311. The summed E-state index contributed by atoms with van der Waals surface area (Å²) in [6, 6.07) is 12.5.